The molecule has 0 aliphatic carbocycles. The Labute approximate surface area is 191 Å². The molecule has 1 fully saturated rings. The van der Waals surface area contributed by atoms with Crippen molar-refractivity contribution in [3.63, 3.8) is 0 Å². The third kappa shape index (κ3) is 3.93. The molecule has 0 amide bonds. The second-order valence-corrected chi connectivity index (χ2v) is 9.25. The molecule has 0 unspecified atom stereocenters. The van der Waals surface area contributed by atoms with Crippen molar-refractivity contribution in [2.45, 2.75) is 64.4 Å². The van der Waals surface area contributed by atoms with Gasteiger partial charge in [-0.15, -0.1) is 11.8 Å². The zero-order valence-electron chi connectivity index (χ0n) is 19.0. The van der Waals surface area contributed by atoms with Crippen LogP contribution in [0.25, 0.3) is 0 Å². The first kappa shape index (κ1) is 22.8. The van der Waals surface area contributed by atoms with Crippen molar-refractivity contribution in [1.82, 2.24) is 9.78 Å². The summed E-state index contributed by atoms with van der Waals surface area (Å²) in [7, 11) is 0. The van der Waals surface area contributed by atoms with Gasteiger partial charge in [0.2, 0.25) is 5.88 Å². The topological polar surface area (TPSA) is 88.9 Å². The summed E-state index contributed by atoms with van der Waals surface area (Å²) < 4.78 is 24.1. The Kier molecular flexibility index (Phi) is 6.33. The second kappa shape index (κ2) is 8.88. The maximum atomic E-state index is 13.7. The van der Waals surface area contributed by atoms with Crippen LogP contribution >= 0.6 is 11.8 Å². The van der Waals surface area contributed by atoms with Crippen molar-refractivity contribution >= 4 is 23.7 Å². The summed E-state index contributed by atoms with van der Waals surface area (Å²) in [6.45, 7) is 10.7. The highest BCUT2D eigenvalue weighted by atomic mass is 32.2. The average Bonchev–Trinajstić information content (AvgIpc) is 3.36. The Morgan fingerprint density at radius 1 is 1.25 bits per heavy atom. The number of ether oxygens (including phenoxy) is 4. The van der Waals surface area contributed by atoms with E-state index in [1.807, 2.05) is 26.8 Å². The van der Waals surface area contributed by atoms with Gasteiger partial charge in [-0.25, -0.2) is 9.48 Å². The van der Waals surface area contributed by atoms with Crippen LogP contribution in [0.2, 0.25) is 0 Å². The molecular weight excluding hydrogens is 432 g/mol. The van der Waals surface area contributed by atoms with Crippen molar-refractivity contribution in [3.8, 4) is 5.88 Å². The van der Waals surface area contributed by atoms with Crippen LogP contribution in [0.3, 0.4) is 0 Å². The normalized spacial score (nSPS) is 16.9. The van der Waals surface area contributed by atoms with Crippen molar-refractivity contribution in [2.24, 2.45) is 0 Å². The number of carbonyl (C=O) groups excluding carboxylic acids is 2. The molecule has 0 atom stereocenters. The summed E-state index contributed by atoms with van der Waals surface area (Å²) in [6.07, 6.45) is 0.952. The lowest BCUT2D eigenvalue weighted by Gasteiger charge is -2.36. The molecule has 8 nitrogen and oxygen atoms in total. The van der Waals surface area contributed by atoms with Gasteiger partial charge < -0.3 is 18.9 Å². The van der Waals surface area contributed by atoms with E-state index in [0.717, 1.165) is 33.8 Å². The lowest BCUT2D eigenvalue weighted by Crippen LogP contribution is -2.33. The van der Waals surface area contributed by atoms with E-state index in [9.17, 15) is 9.59 Å². The SMILES string of the molecule is CCn1ncc(C(=O)c2cc(C)c3c(c2C)C2(CCS3)OCCO2)c1OC(=O)OC(C)C. The van der Waals surface area contributed by atoms with Gasteiger partial charge in [-0.05, 0) is 51.8 Å². The van der Waals surface area contributed by atoms with Crippen LogP contribution in [0.1, 0.15) is 59.8 Å². The molecule has 1 spiro atoms. The van der Waals surface area contributed by atoms with Crippen molar-refractivity contribution in [1.29, 1.82) is 0 Å². The highest BCUT2D eigenvalue weighted by molar-refractivity contribution is 7.99. The molecule has 1 aromatic heterocycles. The number of thioether (sulfide) groups is 1. The quantitative estimate of drug-likeness (QED) is 0.480. The minimum atomic E-state index is -0.870. The number of fused-ring (bicyclic) bond motifs is 2. The molecule has 2 aromatic rings. The molecule has 0 saturated carbocycles. The molecule has 2 aliphatic rings. The van der Waals surface area contributed by atoms with Crippen molar-refractivity contribution in [2.75, 3.05) is 19.0 Å². The molecule has 1 aromatic carbocycles. The van der Waals surface area contributed by atoms with Gasteiger partial charge in [-0.2, -0.15) is 5.10 Å². The van der Waals surface area contributed by atoms with Gasteiger partial charge in [0, 0.05) is 34.7 Å². The van der Waals surface area contributed by atoms with E-state index in [0.29, 0.717) is 25.3 Å². The van der Waals surface area contributed by atoms with Crippen molar-refractivity contribution < 1.29 is 28.5 Å². The highest BCUT2D eigenvalue weighted by Gasteiger charge is 2.45. The third-order valence-corrected chi connectivity index (χ3v) is 6.85. The summed E-state index contributed by atoms with van der Waals surface area (Å²) in [4.78, 5) is 26.9. The summed E-state index contributed by atoms with van der Waals surface area (Å²) in [6, 6.07) is 1.89. The summed E-state index contributed by atoms with van der Waals surface area (Å²) in [5.41, 5.74) is 3.45. The Morgan fingerprint density at radius 2 is 1.97 bits per heavy atom. The number of nitrogens with zero attached hydrogens (tertiary/aromatic N) is 2. The zero-order valence-corrected chi connectivity index (χ0v) is 19.8. The van der Waals surface area contributed by atoms with E-state index in [1.54, 1.807) is 25.6 Å². The fourth-order valence-electron chi connectivity index (χ4n) is 4.23. The number of ketones is 1. The largest absolute Gasteiger partial charge is 0.515 e. The van der Waals surface area contributed by atoms with E-state index < -0.39 is 11.9 Å². The molecule has 0 radical (unpaired) electrons. The predicted molar refractivity (Wildman–Crippen MR) is 118 cm³/mol. The Bertz CT molecular complexity index is 1060. The number of aromatic nitrogens is 2. The minimum absolute atomic E-state index is 0.0791. The van der Waals surface area contributed by atoms with Gasteiger partial charge in [0.05, 0.1) is 25.5 Å². The highest BCUT2D eigenvalue weighted by Crippen LogP contribution is 2.49. The van der Waals surface area contributed by atoms with E-state index in [4.69, 9.17) is 18.9 Å². The van der Waals surface area contributed by atoms with Crippen LogP contribution in [-0.2, 0) is 26.5 Å². The molecule has 2 aliphatic heterocycles. The van der Waals surface area contributed by atoms with Gasteiger partial charge in [-0.3, -0.25) is 4.79 Å². The number of benzene rings is 1. The standard InChI is InChI=1S/C23H28N2O6S/c1-6-25-21(31-22(27)30-13(2)3)17(12-24-25)19(26)16-11-14(4)20-18(15(16)5)23(7-10-32-20)28-8-9-29-23/h11-13H,6-10H2,1-5H3. The minimum Gasteiger partial charge on any atom is -0.431 e. The Morgan fingerprint density at radius 3 is 2.62 bits per heavy atom. The van der Waals surface area contributed by atoms with E-state index in [-0.39, 0.29) is 23.3 Å². The molecule has 0 N–H and O–H groups in total. The predicted octanol–water partition coefficient (Wildman–Crippen LogP) is 4.37. The first-order valence-electron chi connectivity index (χ1n) is 10.8. The van der Waals surface area contributed by atoms with Crippen LogP contribution in [0.5, 0.6) is 5.88 Å². The van der Waals surface area contributed by atoms with E-state index in [2.05, 4.69) is 5.10 Å². The van der Waals surface area contributed by atoms with Gasteiger partial charge in [-0.1, -0.05) is 0 Å². The zero-order chi connectivity index (χ0) is 23.0. The van der Waals surface area contributed by atoms with Gasteiger partial charge in [0.25, 0.3) is 0 Å². The smallest absolute Gasteiger partial charge is 0.431 e. The molecular formula is C23H28N2O6S. The first-order chi connectivity index (χ1) is 15.3. The van der Waals surface area contributed by atoms with Crippen LogP contribution in [0.4, 0.5) is 4.79 Å². The Balaban J connectivity index is 1.78. The molecule has 3 heterocycles. The number of hydrogen-bond donors (Lipinski definition) is 0. The number of hydrogen-bond acceptors (Lipinski definition) is 8. The lowest BCUT2D eigenvalue weighted by atomic mass is 9.89. The van der Waals surface area contributed by atoms with Gasteiger partial charge in [0.1, 0.15) is 5.56 Å². The van der Waals surface area contributed by atoms with Crippen LogP contribution in [0, 0.1) is 13.8 Å². The van der Waals surface area contributed by atoms with Crippen LogP contribution < -0.4 is 4.74 Å². The molecule has 1 saturated heterocycles. The molecule has 9 heteroatoms. The molecule has 172 valence electrons. The number of rotatable bonds is 5. The summed E-state index contributed by atoms with van der Waals surface area (Å²) >= 11 is 1.76. The van der Waals surface area contributed by atoms with E-state index >= 15 is 0 Å². The number of aryl methyl sites for hydroxylation is 2. The second-order valence-electron chi connectivity index (χ2n) is 8.15. The van der Waals surface area contributed by atoms with Crippen molar-refractivity contribution in [3.05, 3.63) is 40.1 Å². The fourth-order valence-corrected chi connectivity index (χ4v) is 5.55. The molecule has 32 heavy (non-hydrogen) atoms. The van der Waals surface area contributed by atoms with Gasteiger partial charge in [0.15, 0.2) is 11.6 Å². The number of carbonyl (C=O) groups is 2. The summed E-state index contributed by atoms with van der Waals surface area (Å²) in [5, 5.41) is 4.23. The Hall–Kier alpha value is -2.36. The lowest BCUT2D eigenvalue weighted by molar-refractivity contribution is -0.170. The monoisotopic (exact) mass is 460 g/mol. The maximum Gasteiger partial charge on any atom is 0.515 e. The van der Waals surface area contributed by atoms with E-state index in [1.165, 1.54) is 10.9 Å². The molecule has 4 rings (SSSR count). The van der Waals surface area contributed by atoms with Gasteiger partial charge >= 0.3 is 6.16 Å². The third-order valence-electron chi connectivity index (χ3n) is 5.63. The fraction of sp³-hybridized carbons (Fsp3) is 0.522. The van der Waals surface area contributed by atoms with Crippen LogP contribution in [-0.4, -0.2) is 46.8 Å². The van der Waals surface area contributed by atoms with Crippen LogP contribution in [0.15, 0.2) is 17.2 Å². The first-order valence-corrected chi connectivity index (χ1v) is 11.8. The average molecular weight is 461 g/mol. The maximum absolute atomic E-state index is 13.7. The molecule has 0 bridgehead atoms. The summed E-state index contributed by atoms with van der Waals surface area (Å²) in [5.74, 6) is -0.112.